The maximum absolute atomic E-state index is 4.42. The van der Waals surface area contributed by atoms with Crippen molar-refractivity contribution in [3.63, 3.8) is 0 Å². The van der Waals surface area contributed by atoms with Crippen molar-refractivity contribution in [2.45, 2.75) is 12.8 Å². The maximum Gasteiger partial charge on any atom is 0.186 e. The average Bonchev–Trinajstić information content (AvgIpc) is 2.66. The highest BCUT2D eigenvalue weighted by Gasteiger charge is 2.16. The average molecular weight is 290 g/mol. The number of halogens is 1. The van der Waals surface area contributed by atoms with Crippen molar-refractivity contribution >= 4 is 32.4 Å². The molecule has 0 atom stereocenters. The molecule has 5 heteroatoms. The van der Waals surface area contributed by atoms with Gasteiger partial charge in [0.1, 0.15) is 4.60 Å². The molecule has 0 radical (unpaired) electrons. The second kappa shape index (κ2) is 5.27. The molecule has 2 rings (SSSR count). The zero-order valence-electron chi connectivity index (χ0n) is 8.87. The molecule has 1 fully saturated rings. The summed E-state index contributed by atoms with van der Waals surface area (Å²) in [4.78, 5) is 6.69. The first-order valence-corrected chi connectivity index (χ1v) is 6.96. The van der Waals surface area contributed by atoms with E-state index in [2.05, 4.69) is 38.2 Å². The standard InChI is InChI=1S/C10H16BrN3S/c1-14(10-13-9(11)7-15-10)6-8-2-4-12-5-3-8/h7-8,12H,2-6H2,1H3. The Bertz CT molecular complexity index is 309. The molecule has 0 aromatic carbocycles. The fraction of sp³-hybridized carbons (Fsp3) is 0.700. The van der Waals surface area contributed by atoms with Gasteiger partial charge >= 0.3 is 0 Å². The van der Waals surface area contributed by atoms with E-state index in [9.17, 15) is 0 Å². The van der Waals surface area contributed by atoms with Gasteiger partial charge in [-0.3, -0.25) is 0 Å². The smallest absolute Gasteiger partial charge is 0.186 e. The molecular weight excluding hydrogens is 274 g/mol. The lowest BCUT2D eigenvalue weighted by atomic mass is 9.98. The number of nitrogens with zero attached hydrogens (tertiary/aromatic N) is 2. The number of hydrogen-bond acceptors (Lipinski definition) is 4. The Morgan fingerprint density at radius 2 is 2.33 bits per heavy atom. The molecular formula is C10H16BrN3S. The van der Waals surface area contributed by atoms with E-state index in [1.807, 2.05) is 5.38 Å². The zero-order valence-corrected chi connectivity index (χ0v) is 11.3. The summed E-state index contributed by atoms with van der Waals surface area (Å²) in [6, 6.07) is 0. The van der Waals surface area contributed by atoms with E-state index in [1.54, 1.807) is 11.3 Å². The molecule has 1 aromatic heterocycles. The van der Waals surface area contributed by atoms with Crippen molar-refractivity contribution in [1.82, 2.24) is 10.3 Å². The summed E-state index contributed by atoms with van der Waals surface area (Å²) < 4.78 is 0.944. The Morgan fingerprint density at radius 3 is 2.93 bits per heavy atom. The highest BCUT2D eigenvalue weighted by molar-refractivity contribution is 9.10. The van der Waals surface area contributed by atoms with Crippen LogP contribution in [0.1, 0.15) is 12.8 Å². The highest BCUT2D eigenvalue weighted by atomic mass is 79.9. The van der Waals surface area contributed by atoms with Gasteiger partial charge in [0.2, 0.25) is 0 Å². The number of nitrogens with one attached hydrogen (secondary N) is 1. The van der Waals surface area contributed by atoms with Crippen LogP contribution in [0.4, 0.5) is 5.13 Å². The molecule has 1 saturated heterocycles. The van der Waals surface area contributed by atoms with Gasteiger partial charge in [0, 0.05) is 19.0 Å². The van der Waals surface area contributed by atoms with E-state index in [4.69, 9.17) is 0 Å². The highest BCUT2D eigenvalue weighted by Crippen LogP contribution is 2.24. The molecule has 1 aromatic rings. The zero-order chi connectivity index (χ0) is 10.7. The van der Waals surface area contributed by atoms with E-state index >= 15 is 0 Å². The number of aromatic nitrogens is 1. The van der Waals surface area contributed by atoms with Crippen LogP contribution in [-0.4, -0.2) is 31.7 Å². The van der Waals surface area contributed by atoms with Crippen LogP contribution >= 0.6 is 27.3 Å². The van der Waals surface area contributed by atoms with Crippen molar-refractivity contribution in [3.05, 3.63) is 9.98 Å². The summed E-state index contributed by atoms with van der Waals surface area (Å²) in [5.74, 6) is 0.818. The molecule has 15 heavy (non-hydrogen) atoms. The van der Waals surface area contributed by atoms with E-state index in [0.717, 1.165) is 22.2 Å². The normalized spacial score (nSPS) is 18.0. The second-order valence-corrected chi connectivity index (χ2v) is 5.68. The minimum absolute atomic E-state index is 0.818. The first-order chi connectivity index (χ1) is 7.25. The summed E-state index contributed by atoms with van der Waals surface area (Å²) in [7, 11) is 2.13. The van der Waals surface area contributed by atoms with Crippen molar-refractivity contribution < 1.29 is 0 Å². The van der Waals surface area contributed by atoms with E-state index < -0.39 is 0 Å². The van der Waals surface area contributed by atoms with Gasteiger partial charge in [-0.2, -0.15) is 0 Å². The molecule has 0 spiro atoms. The fourth-order valence-electron chi connectivity index (χ4n) is 1.95. The van der Waals surface area contributed by atoms with Crippen molar-refractivity contribution in [2.24, 2.45) is 5.92 Å². The van der Waals surface area contributed by atoms with Crippen LogP contribution in [0.15, 0.2) is 9.98 Å². The van der Waals surface area contributed by atoms with Crippen LogP contribution in [0.25, 0.3) is 0 Å². The molecule has 1 aliphatic heterocycles. The summed E-state index contributed by atoms with van der Waals surface area (Å²) in [5.41, 5.74) is 0. The lowest BCUT2D eigenvalue weighted by Crippen LogP contribution is -2.34. The molecule has 1 aliphatic rings. The second-order valence-electron chi connectivity index (χ2n) is 4.03. The van der Waals surface area contributed by atoms with Gasteiger partial charge < -0.3 is 10.2 Å². The summed E-state index contributed by atoms with van der Waals surface area (Å²) in [6.07, 6.45) is 2.58. The van der Waals surface area contributed by atoms with Crippen LogP contribution in [-0.2, 0) is 0 Å². The minimum Gasteiger partial charge on any atom is -0.351 e. The van der Waals surface area contributed by atoms with E-state index in [-0.39, 0.29) is 0 Å². The molecule has 0 aliphatic carbocycles. The van der Waals surface area contributed by atoms with Crippen LogP contribution in [0.2, 0.25) is 0 Å². The molecule has 1 N–H and O–H groups in total. The Labute approximate surface area is 103 Å². The Balaban J connectivity index is 1.88. The molecule has 0 amide bonds. The van der Waals surface area contributed by atoms with Gasteiger partial charge in [-0.05, 0) is 47.8 Å². The third-order valence-electron chi connectivity index (χ3n) is 2.78. The first kappa shape index (κ1) is 11.4. The van der Waals surface area contributed by atoms with E-state index in [0.29, 0.717) is 0 Å². The van der Waals surface area contributed by atoms with Crippen molar-refractivity contribution in [2.75, 3.05) is 31.6 Å². The van der Waals surface area contributed by atoms with Gasteiger partial charge in [0.25, 0.3) is 0 Å². The number of thiazole rings is 1. The van der Waals surface area contributed by atoms with Gasteiger partial charge in [-0.1, -0.05) is 0 Å². The Morgan fingerprint density at radius 1 is 1.60 bits per heavy atom. The molecule has 0 unspecified atom stereocenters. The number of piperidine rings is 1. The molecule has 0 bridgehead atoms. The maximum atomic E-state index is 4.42. The largest absolute Gasteiger partial charge is 0.351 e. The van der Waals surface area contributed by atoms with Crippen LogP contribution in [0.3, 0.4) is 0 Å². The summed E-state index contributed by atoms with van der Waals surface area (Å²) >= 11 is 5.09. The van der Waals surface area contributed by atoms with Gasteiger partial charge in [0.05, 0.1) is 0 Å². The van der Waals surface area contributed by atoms with Crippen molar-refractivity contribution in [3.8, 4) is 0 Å². The third-order valence-corrected chi connectivity index (χ3v) is 4.45. The number of anilines is 1. The molecule has 0 saturated carbocycles. The van der Waals surface area contributed by atoms with Crippen LogP contribution < -0.4 is 10.2 Å². The van der Waals surface area contributed by atoms with Gasteiger partial charge in [0.15, 0.2) is 5.13 Å². The number of rotatable bonds is 3. The van der Waals surface area contributed by atoms with Crippen LogP contribution in [0.5, 0.6) is 0 Å². The topological polar surface area (TPSA) is 28.2 Å². The SMILES string of the molecule is CN(CC1CCNCC1)c1nc(Br)cs1. The Hall–Kier alpha value is -0.130. The minimum atomic E-state index is 0.818. The lowest BCUT2D eigenvalue weighted by molar-refractivity contribution is 0.378. The van der Waals surface area contributed by atoms with Crippen LogP contribution in [0, 0.1) is 5.92 Å². The molecule has 3 nitrogen and oxygen atoms in total. The summed E-state index contributed by atoms with van der Waals surface area (Å²) in [6.45, 7) is 3.46. The molecule has 2 heterocycles. The monoisotopic (exact) mass is 289 g/mol. The van der Waals surface area contributed by atoms with Gasteiger partial charge in [-0.25, -0.2) is 4.98 Å². The first-order valence-electron chi connectivity index (χ1n) is 5.28. The third kappa shape index (κ3) is 3.16. The number of hydrogen-bond donors (Lipinski definition) is 1. The van der Waals surface area contributed by atoms with Crippen molar-refractivity contribution in [1.29, 1.82) is 0 Å². The van der Waals surface area contributed by atoms with E-state index in [1.165, 1.54) is 25.9 Å². The fourth-order valence-corrected chi connectivity index (χ4v) is 3.18. The molecule has 84 valence electrons. The quantitative estimate of drug-likeness (QED) is 0.926. The lowest BCUT2D eigenvalue weighted by Gasteiger charge is -2.27. The predicted molar refractivity (Wildman–Crippen MR) is 68.7 cm³/mol. The Kier molecular flexibility index (Phi) is 3.99. The predicted octanol–water partition coefficient (Wildman–Crippen LogP) is 2.34. The van der Waals surface area contributed by atoms with Gasteiger partial charge in [-0.15, -0.1) is 11.3 Å². The summed E-state index contributed by atoms with van der Waals surface area (Å²) in [5, 5.41) is 6.54.